The Morgan fingerprint density at radius 3 is 1.28 bits per heavy atom. The molecule has 0 fully saturated rings. The van der Waals surface area contributed by atoms with Crippen molar-refractivity contribution in [2.24, 2.45) is 0 Å². The molecule has 0 N–H and O–H groups in total. The van der Waals surface area contributed by atoms with E-state index in [2.05, 4.69) is 0 Å². The van der Waals surface area contributed by atoms with Crippen molar-refractivity contribution in [1.82, 2.24) is 0 Å². The first-order valence-corrected chi connectivity index (χ1v) is 9.29. The van der Waals surface area contributed by atoms with Gasteiger partial charge in [-0.15, -0.1) is 0 Å². The van der Waals surface area contributed by atoms with Gasteiger partial charge in [-0.25, -0.2) is 19.2 Å². The highest BCUT2D eigenvalue weighted by Crippen LogP contribution is 2.32. The zero-order chi connectivity index (χ0) is 24.2. The van der Waals surface area contributed by atoms with E-state index in [1.807, 2.05) is 6.92 Å². The fourth-order valence-electron chi connectivity index (χ4n) is 3.28. The molecule has 0 atom stereocenters. The summed E-state index contributed by atoms with van der Waals surface area (Å²) in [5.74, 6) is -5.01. The van der Waals surface area contributed by atoms with Crippen LogP contribution in [-0.4, -0.2) is 58.1 Å². The van der Waals surface area contributed by atoms with E-state index < -0.39 is 51.9 Å². The van der Waals surface area contributed by atoms with Gasteiger partial charge in [-0.1, -0.05) is 29.8 Å². The van der Waals surface area contributed by atoms with Gasteiger partial charge in [0.2, 0.25) is 0 Å². The molecule has 9 nitrogen and oxygen atoms in total. The van der Waals surface area contributed by atoms with Crippen molar-refractivity contribution in [3.8, 4) is 0 Å². The summed E-state index contributed by atoms with van der Waals surface area (Å²) < 4.78 is 19.1. The number of carbonyl (C=O) groups excluding carboxylic acids is 5. The Bertz CT molecular complexity index is 1110. The number of ketones is 1. The molecule has 0 amide bonds. The Morgan fingerprint density at radius 2 is 0.875 bits per heavy atom. The molecule has 0 aliphatic carbocycles. The number of ether oxygens (including phenoxy) is 4. The maximum absolute atomic E-state index is 13.5. The monoisotopic (exact) mass is 442 g/mol. The molecular weight excluding hydrogens is 420 g/mol. The number of carbonyl (C=O) groups is 5. The van der Waals surface area contributed by atoms with Crippen molar-refractivity contribution < 1.29 is 42.9 Å². The number of benzene rings is 2. The van der Waals surface area contributed by atoms with Gasteiger partial charge in [0.05, 0.1) is 50.7 Å². The van der Waals surface area contributed by atoms with Crippen LogP contribution in [0.4, 0.5) is 0 Å². The highest BCUT2D eigenvalue weighted by Gasteiger charge is 2.38. The summed E-state index contributed by atoms with van der Waals surface area (Å²) >= 11 is 0. The molecule has 2 aromatic carbocycles. The highest BCUT2D eigenvalue weighted by molar-refractivity contribution is 6.23. The largest absolute Gasteiger partial charge is 0.465 e. The van der Waals surface area contributed by atoms with E-state index in [0.717, 1.165) is 34.0 Å². The first-order chi connectivity index (χ1) is 15.1. The van der Waals surface area contributed by atoms with Crippen molar-refractivity contribution in [3.05, 3.63) is 68.8 Å². The molecule has 0 heterocycles. The van der Waals surface area contributed by atoms with Gasteiger partial charge in [-0.05, 0) is 19.4 Å². The van der Waals surface area contributed by atoms with Crippen LogP contribution < -0.4 is 0 Å². The Hall–Kier alpha value is -4.01. The van der Waals surface area contributed by atoms with Crippen LogP contribution in [0.15, 0.2) is 24.3 Å². The third kappa shape index (κ3) is 4.22. The molecule has 0 bridgehead atoms. The van der Waals surface area contributed by atoms with Gasteiger partial charge in [0.25, 0.3) is 0 Å². The number of hydrogen-bond donors (Lipinski definition) is 0. The van der Waals surface area contributed by atoms with Crippen LogP contribution in [0.5, 0.6) is 0 Å². The van der Waals surface area contributed by atoms with Crippen molar-refractivity contribution in [2.45, 2.75) is 13.8 Å². The fourth-order valence-corrected chi connectivity index (χ4v) is 3.28. The summed E-state index contributed by atoms with van der Waals surface area (Å²) in [6.45, 7) is 3.18. The lowest BCUT2D eigenvalue weighted by Crippen LogP contribution is -2.27. The van der Waals surface area contributed by atoms with Crippen molar-refractivity contribution in [3.63, 3.8) is 0 Å². The summed E-state index contributed by atoms with van der Waals surface area (Å²) in [5.41, 5.74) is -1.40. The zero-order valence-electron chi connectivity index (χ0n) is 18.5. The molecule has 32 heavy (non-hydrogen) atoms. The summed E-state index contributed by atoms with van der Waals surface area (Å²) in [7, 11) is 4.16. The van der Waals surface area contributed by atoms with Gasteiger partial charge in [-0.3, -0.25) is 4.79 Å². The average Bonchev–Trinajstić information content (AvgIpc) is 2.81. The van der Waals surface area contributed by atoms with Gasteiger partial charge in [0.1, 0.15) is 0 Å². The van der Waals surface area contributed by atoms with Crippen LogP contribution >= 0.6 is 0 Å². The van der Waals surface area contributed by atoms with Crippen LogP contribution in [0.1, 0.15) is 68.5 Å². The summed E-state index contributed by atoms with van der Waals surface area (Å²) in [5, 5.41) is 0. The van der Waals surface area contributed by atoms with Gasteiger partial charge >= 0.3 is 23.9 Å². The minimum Gasteiger partial charge on any atom is -0.465 e. The Morgan fingerprint density at radius 1 is 0.531 bits per heavy atom. The number of methoxy groups -OCH3 is 4. The average molecular weight is 442 g/mol. The minimum absolute atomic E-state index is 0.0594. The third-order valence-corrected chi connectivity index (χ3v) is 4.85. The molecule has 0 aromatic heterocycles. The topological polar surface area (TPSA) is 122 Å². The lowest BCUT2D eigenvalue weighted by molar-refractivity contribution is 0.0519. The molecule has 9 heteroatoms. The van der Waals surface area contributed by atoms with Crippen LogP contribution in [0.3, 0.4) is 0 Å². The van der Waals surface area contributed by atoms with Crippen LogP contribution in [0.2, 0.25) is 0 Å². The lowest BCUT2D eigenvalue weighted by atomic mass is 9.83. The van der Waals surface area contributed by atoms with Crippen LogP contribution in [-0.2, 0) is 18.9 Å². The predicted molar refractivity (Wildman–Crippen MR) is 111 cm³/mol. The molecule has 0 spiro atoms. The van der Waals surface area contributed by atoms with E-state index in [4.69, 9.17) is 18.9 Å². The quantitative estimate of drug-likeness (QED) is 0.377. The van der Waals surface area contributed by atoms with E-state index in [0.29, 0.717) is 0 Å². The molecule has 0 aliphatic heterocycles. The maximum atomic E-state index is 13.5. The maximum Gasteiger partial charge on any atom is 0.339 e. The standard InChI is InChI=1S/C23H22O9/c1-11-7-9-13(10-8-11)19(24)14-12(2)15(20(25)29-3)17(22(27)31-5)18(23(28)32-6)16(14)21(26)30-4/h7-10H,1-6H3. The highest BCUT2D eigenvalue weighted by atomic mass is 16.5. The second-order valence-electron chi connectivity index (χ2n) is 6.66. The molecule has 0 aliphatic rings. The molecule has 0 saturated heterocycles. The molecule has 0 radical (unpaired) electrons. The van der Waals surface area contributed by atoms with E-state index in [9.17, 15) is 24.0 Å². The lowest BCUT2D eigenvalue weighted by Gasteiger charge is -2.20. The van der Waals surface area contributed by atoms with Crippen molar-refractivity contribution >= 4 is 29.7 Å². The van der Waals surface area contributed by atoms with Gasteiger partial charge in [-0.2, -0.15) is 0 Å². The first kappa shape index (κ1) is 24.3. The Kier molecular flexibility index (Phi) is 7.48. The van der Waals surface area contributed by atoms with E-state index in [-0.39, 0.29) is 16.7 Å². The summed E-state index contributed by atoms with van der Waals surface area (Å²) in [6, 6.07) is 6.43. The third-order valence-electron chi connectivity index (χ3n) is 4.85. The molecule has 168 valence electrons. The Labute approximate surface area is 184 Å². The zero-order valence-corrected chi connectivity index (χ0v) is 18.5. The number of aryl methyl sites for hydroxylation is 1. The van der Waals surface area contributed by atoms with Gasteiger partial charge in [0, 0.05) is 11.1 Å². The summed E-state index contributed by atoms with van der Waals surface area (Å²) in [4.78, 5) is 64.2. The summed E-state index contributed by atoms with van der Waals surface area (Å²) in [6.07, 6.45) is 0. The molecule has 0 saturated carbocycles. The molecule has 2 aromatic rings. The minimum atomic E-state index is -1.14. The fraction of sp³-hybridized carbons (Fsp3) is 0.261. The van der Waals surface area contributed by atoms with E-state index >= 15 is 0 Å². The molecule has 0 unspecified atom stereocenters. The number of hydrogen-bond acceptors (Lipinski definition) is 9. The second-order valence-corrected chi connectivity index (χ2v) is 6.66. The number of rotatable bonds is 6. The number of esters is 4. The van der Waals surface area contributed by atoms with Gasteiger partial charge in [0.15, 0.2) is 5.78 Å². The van der Waals surface area contributed by atoms with Crippen LogP contribution in [0.25, 0.3) is 0 Å². The molecular formula is C23H22O9. The first-order valence-electron chi connectivity index (χ1n) is 9.29. The molecule has 2 rings (SSSR count). The second kappa shape index (κ2) is 9.86. The predicted octanol–water partition coefficient (Wildman–Crippen LogP) is 2.68. The normalized spacial score (nSPS) is 10.2. The van der Waals surface area contributed by atoms with Crippen molar-refractivity contribution in [2.75, 3.05) is 28.4 Å². The Balaban J connectivity index is 3.15. The van der Waals surface area contributed by atoms with E-state index in [1.165, 1.54) is 19.1 Å². The smallest absolute Gasteiger partial charge is 0.339 e. The van der Waals surface area contributed by atoms with Gasteiger partial charge < -0.3 is 18.9 Å². The SMILES string of the molecule is COC(=O)c1c(C)c(C(=O)c2ccc(C)cc2)c(C(=O)OC)c(C(=O)OC)c1C(=O)OC. The van der Waals surface area contributed by atoms with E-state index in [1.54, 1.807) is 12.1 Å². The van der Waals surface area contributed by atoms with Crippen LogP contribution in [0, 0.1) is 13.8 Å². The van der Waals surface area contributed by atoms with Crippen molar-refractivity contribution in [1.29, 1.82) is 0 Å².